The molecular weight excluding hydrogens is 805 g/mol. The first kappa shape index (κ1) is 42.0. The van der Waals surface area contributed by atoms with Gasteiger partial charge in [-0.2, -0.15) is 10.1 Å². The normalized spacial score (nSPS) is 16.5. The van der Waals surface area contributed by atoms with Gasteiger partial charge >= 0.3 is 19.7 Å². The van der Waals surface area contributed by atoms with Crippen molar-refractivity contribution in [1.29, 1.82) is 0 Å². The Hall–Kier alpha value is -4.64. The molecule has 6 rings (SSSR count). The predicted molar refractivity (Wildman–Crippen MR) is 197 cm³/mol. The van der Waals surface area contributed by atoms with Crippen LogP contribution < -0.4 is 20.1 Å². The van der Waals surface area contributed by atoms with E-state index in [0.29, 0.717) is 85.2 Å². The number of hydrogen-bond donors (Lipinski definition) is 2. The zero-order valence-electron chi connectivity index (χ0n) is 29.9. The van der Waals surface area contributed by atoms with E-state index >= 15 is 0 Å². The van der Waals surface area contributed by atoms with Crippen LogP contribution in [-0.4, -0.2) is 72.9 Å². The number of hydrogen-bond acceptors (Lipinski definition) is 9. The molecule has 2 fully saturated rings. The third-order valence-corrected chi connectivity index (χ3v) is 10.3. The van der Waals surface area contributed by atoms with E-state index in [-0.39, 0.29) is 35.4 Å². The van der Waals surface area contributed by atoms with Gasteiger partial charge in [-0.15, -0.1) is 26.3 Å². The van der Waals surface area contributed by atoms with Gasteiger partial charge in [-0.3, -0.25) is 9.59 Å². The van der Waals surface area contributed by atoms with Gasteiger partial charge in [0.2, 0.25) is 0 Å². The lowest BCUT2D eigenvalue weighted by Gasteiger charge is -2.35. The second-order valence-corrected chi connectivity index (χ2v) is 15.7. The summed E-state index contributed by atoms with van der Waals surface area (Å²) < 4.78 is 107. The lowest BCUT2D eigenvalue weighted by atomic mass is 10.0. The fourth-order valence-electron chi connectivity index (χ4n) is 6.37. The van der Waals surface area contributed by atoms with E-state index < -0.39 is 19.7 Å². The second-order valence-electron chi connectivity index (χ2n) is 13.3. The number of alkyl halides is 6. The van der Waals surface area contributed by atoms with Crippen molar-refractivity contribution in [2.75, 3.05) is 26.2 Å². The molecule has 57 heavy (non-hydrogen) atoms. The van der Waals surface area contributed by atoms with Crippen molar-refractivity contribution in [3.8, 4) is 33.8 Å². The lowest BCUT2D eigenvalue weighted by Crippen LogP contribution is -2.45. The van der Waals surface area contributed by atoms with E-state index in [1.54, 1.807) is 48.5 Å². The van der Waals surface area contributed by atoms with Crippen molar-refractivity contribution in [3.63, 3.8) is 0 Å². The SMILES string of the molecule is O=C(NC1CCN(OP(=O)(Cl)ON2CCC(NC(=O)c3cccc(-c4ccc(OC(F)(F)F)cc4)c3)CC2)CC1)c1cccc(-c2ccc(OC(F)(F)F)cc2)c1. The molecule has 19 heteroatoms. The Morgan fingerprint density at radius 3 is 1.26 bits per heavy atom. The molecule has 0 aromatic heterocycles. The van der Waals surface area contributed by atoms with Crippen LogP contribution in [0.15, 0.2) is 97.1 Å². The second kappa shape index (κ2) is 17.9. The molecule has 0 unspecified atom stereocenters. The highest BCUT2D eigenvalue weighted by molar-refractivity contribution is 7.81. The zero-order valence-corrected chi connectivity index (χ0v) is 31.5. The van der Waals surface area contributed by atoms with Crippen molar-refractivity contribution in [3.05, 3.63) is 108 Å². The Morgan fingerprint density at radius 1 is 0.579 bits per heavy atom. The molecule has 4 aromatic carbocycles. The summed E-state index contributed by atoms with van der Waals surface area (Å²) in [5.41, 5.74) is 3.19. The van der Waals surface area contributed by atoms with E-state index in [9.17, 15) is 40.5 Å². The van der Waals surface area contributed by atoms with E-state index in [0.717, 1.165) is 0 Å². The first-order valence-electron chi connectivity index (χ1n) is 17.7. The minimum Gasteiger partial charge on any atom is -0.406 e. The maximum atomic E-state index is 13.1. The number of ether oxygens (including phenoxy) is 2. The molecule has 0 bridgehead atoms. The van der Waals surface area contributed by atoms with Crippen LogP contribution in [0.1, 0.15) is 46.4 Å². The molecule has 0 spiro atoms. The number of carbonyl (C=O) groups is 2. The number of benzene rings is 4. The molecule has 2 heterocycles. The fraction of sp³-hybridized carbons (Fsp3) is 0.316. The van der Waals surface area contributed by atoms with Gasteiger partial charge in [0.05, 0.1) is 0 Å². The summed E-state index contributed by atoms with van der Waals surface area (Å²) >= 11 is 6.18. The molecule has 2 saturated heterocycles. The van der Waals surface area contributed by atoms with Gasteiger partial charge in [0.25, 0.3) is 11.8 Å². The van der Waals surface area contributed by atoms with Crippen LogP contribution in [0.3, 0.4) is 0 Å². The highest BCUT2D eigenvalue weighted by atomic mass is 35.7. The van der Waals surface area contributed by atoms with Gasteiger partial charge < -0.3 is 20.1 Å². The van der Waals surface area contributed by atoms with Gasteiger partial charge in [0.1, 0.15) is 11.5 Å². The highest BCUT2D eigenvalue weighted by Gasteiger charge is 2.34. The highest BCUT2D eigenvalue weighted by Crippen LogP contribution is 2.55. The lowest BCUT2D eigenvalue weighted by molar-refractivity contribution is -0.275. The number of carbonyl (C=O) groups excluding carboxylic acids is 2. The van der Waals surface area contributed by atoms with Crippen LogP contribution in [-0.2, 0) is 13.8 Å². The minimum absolute atomic E-state index is 0.222. The third kappa shape index (κ3) is 12.7. The van der Waals surface area contributed by atoms with Crippen molar-refractivity contribution >= 4 is 30.0 Å². The van der Waals surface area contributed by atoms with E-state index in [1.807, 2.05) is 0 Å². The Morgan fingerprint density at radius 2 is 0.930 bits per heavy atom. The number of piperidine rings is 2. The van der Waals surface area contributed by atoms with Crippen LogP contribution >= 0.6 is 18.2 Å². The summed E-state index contributed by atoms with van der Waals surface area (Å²) in [5, 5.41) is 8.79. The van der Waals surface area contributed by atoms with Crippen LogP contribution in [0.25, 0.3) is 22.3 Å². The van der Waals surface area contributed by atoms with E-state index in [2.05, 4.69) is 20.1 Å². The first-order valence-corrected chi connectivity index (χ1v) is 20.1. The molecule has 0 saturated carbocycles. The number of nitrogens with zero attached hydrogens (tertiary/aromatic N) is 2. The van der Waals surface area contributed by atoms with Crippen molar-refractivity contribution in [2.24, 2.45) is 0 Å². The van der Waals surface area contributed by atoms with Crippen LogP contribution in [0.4, 0.5) is 26.3 Å². The Bertz CT molecular complexity index is 1920. The largest absolute Gasteiger partial charge is 0.573 e. The molecule has 304 valence electrons. The van der Waals surface area contributed by atoms with Crippen molar-refractivity contribution in [2.45, 2.75) is 50.5 Å². The maximum Gasteiger partial charge on any atom is 0.573 e. The summed E-state index contributed by atoms with van der Waals surface area (Å²) in [7, 11) is 0. The summed E-state index contributed by atoms with van der Waals surface area (Å²) in [6.07, 6.45) is -7.76. The van der Waals surface area contributed by atoms with Crippen LogP contribution in [0, 0.1) is 0 Å². The smallest absolute Gasteiger partial charge is 0.406 e. The van der Waals surface area contributed by atoms with Gasteiger partial charge in [0.15, 0.2) is 0 Å². The number of amides is 2. The Balaban J connectivity index is 0.912. The third-order valence-electron chi connectivity index (χ3n) is 9.10. The molecule has 0 radical (unpaired) electrons. The zero-order chi connectivity index (χ0) is 40.8. The molecular formula is C38H36ClF6N4O7P. The molecule has 2 aliphatic heterocycles. The predicted octanol–water partition coefficient (Wildman–Crippen LogP) is 9.12. The van der Waals surface area contributed by atoms with Gasteiger partial charge in [-0.25, -0.2) is 13.8 Å². The van der Waals surface area contributed by atoms with Gasteiger partial charge in [-0.1, -0.05) is 48.5 Å². The number of rotatable bonds is 12. The van der Waals surface area contributed by atoms with E-state index in [1.165, 1.54) is 58.7 Å². The Labute approximate surface area is 328 Å². The summed E-state index contributed by atoms with van der Waals surface area (Å²) in [6.45, 7) is -2.91. The molecule has 2 N–H and O–H groups in total. The average molecular weight is 841 g/mol. The minimum atomic E-state index is -4.80. The molecule has 11 nitrogen and oxygen atoms in total. The molecule has 0 aliphatic carbocycles. The first-order chi connectivity index (χ1) is 27.0. The summed E-state index contributed by atoms with van der Waals surface area (Å²) in [5.74, 6) is -1.37. The standard InChI is InChI=1S/C38H36ClF6N4O7P/c39-57(52,55-48-19-15-31(16-20-48)46-35(50)29-5-1-3-27(23-29)25-7-11-33(12-8-25)53-37(40,41)42)56-49-21-17-32(18-22-49)47-36(51)30-6-2-4-28(24-30)26-9-13-34(14-10-26)54-38(43,44)45/h1-14,23-24,31-32H,15-22H2,(H,46,50)(H,47,51). The van der Waals surface area contributed by atoms with E-state index in [4.69, 9.17) is 20.5 Å². The number of hydroxylamine groups is 4. The topological polar surface area (TPSA) is 119 Å². The number of nitrogens with one attached hydrogen (secondary N) is 2. The van der Waals surface area contributed by atoms with Crippen molar-refractivity contribution in [1.82, 2.24) is 20.8 Å². The molecule has 0 atom stereocenters. The average Bonchev–Trinajstić information content (AvgIpc) is 3.15. The van der Waals surface area contributed by atoms with Crippen molar-refractivity contribution < 1.29 is 59.2 Å². The Kier molecular flexibility index (Phi) is 13.2. The molecule has 2 aliphatic rings. The maximum absolute atomic E-state index is 13.1. The molecule has 4 aromatic rings. The summed E-state index contributed by atoms with van der Waals surface area (Å²) in [6, 6.07) is 23.6. The van der Waals surface area contributed by atoms with Gasteiger partial charge in [-0.05, 0) is 96.5 Å². The number of halogens is 7. The van der Waals surface area contributed by atoms with Crippen LogP contribution in [0.5, 0.6) is 11.5 Å². The van der Waals surface area contributed by atoms with Gasteiger partial charge in [0, 0.05) is 60.6 Å². The quantitative estimate of drug-likeness (QED) is 0.106. The monoisotopic (exact) mass is 840 g/mol. The fourth-order valence-corrected chi connectivity index (χ4v) is 7.80. The van der Waals surface area contributed by atoms with Crippen LogP contribution in [0.2, 0.25) is 0 Å². The summed E-state index contributed by atoms with van der Waals surface area (Å²) in [4.78, 5) is 26.1. The molecule has 2 amide bonds.